The van der Waals surface area contributed by atoms with E-state index in [0.717, 1.165) is 45.5 Å². The van der Waals surface area contributed by atoms with E-state index in [-0.39, 0.29) is 47.8 Å². The number of hydrogen-bond donors (Lipinski definition) is 0. The zero-order valence-electron chi connectivity index (χ0n) is 27.3. The highest BCUT2D eigenvalue weighted by molar-refractivity contribution is 6.04. The smallest absolute Gasteiger partial charge is 0.435 e. The highest BCUT2D eigenvalue weighted by Gasteiger charge is 2.47. The molecular formula is C36H34F5N3O4. The van der Waals surface area contributed by atoms with Crippen molar-refractivity contribution in [1.29, 1.82) is 0 Å². The van der Waals surface area contributed by atoms with Crippen molar-refractivity contribution < 1.29 is 40.6 Å². The van der Waals surface area contributed by atoms with Crippen LogP contribution in [0.15, 0.2) is 65.1 Å². The summed E-state index contributed by atoms with van der Waals surface area (Å²) in [6.45, 7) is 11.2. The van der Waals surface area contributed by atoms with E-state index in [4.69, 9.17) is 13.9 Å². The number of rotatable bonds is 10. The maximum absolute atomic E-state index is 16.0. The van der Waals surface area contributed by atoms with Crippen LogP contribution in [0.5, 0.6) is 5.75 Å². The van der Waals surface area contributed by atoms with Gasteiger partial charge < -0.3 is 18.8 Å². The molecule has 0 saturated heterocycles. The van der Waals surface area contributed by atoms with Gasteiger partial charge in [-0.1, -0.05) is 36.4 Å². The van der Waals surface area contributed by atoms with Gasteiger partial charge in [-0.2, -0.15) is 22.0 Å². The molecule has 0 aliphatic heterocycles. The minimum Gasteiger partial charge on any atom is -0.462 e. The first kappa shape index (κ1) is 34.3. The third-order valence-electron chi connectivity index (χ3n) is 8.14. The molecule has 0 aliphatic carbocycles. The normalized spacial score (nSPS) is 12.0. The van der Waals surface area contributed by atoms with Crippen LogP contribution in [0.25, 0.3) is 11.0 Å². The summed E-state index contributed by atoms with van der Waals surface area (Å²) in [6.07, 6.45) is -9.80. The topological polar surface area (TPSA) is 77.7 Å². The number of fused-ring (bicyclic) bond motifs is 1. The summed E-state index contributed by atoms with van der Waals surface area (Å²) in [6, 6.07) is 15.6. The van der Waals surface area contributed by atoms with Crippen LogP contribution < -0.4 is 9.64 Å². The Hall–Kier alpha value is -5.00. The van der Waals surface area contributed by atoms with Crippen molar-refractivity contribution in [1.82, 2.24) is 10.2 Å². The molecule has 2 aromatic heterocycles. The first-order valence-corrected chi connectivity index (χ1v) is 15.2. The van der Waals surface area contributed by atoms with Crippen LogP contribution in [0.2, 0.25) is 0 Å². The summed E-state index contributed by atoms with van der Waals surface area (Å²) < 4.78 is 90.0. The van der Waals surface area contributed by atoms with Crippen molar-refractivity contribution in [3.05, 3.63) is 117 Å². The molecule has 0 aliphatic rings. The standard InChI is InChI=1S/C36H34F5N3O4/c1-7-46-34(45)32-24(6)47-30-13-12-27(16-28(30)32)48-36(40,41)29-17-31(42-43-33(29)35(37,38)39)44(18-25-10-8-20(2)22(4)14-25)19-26-11-9-21(3)23(5)15-26/h8-17H,7,18-19H2,1-6H3. The lowest BCUT2D eigenvalue weighted by atomic mass is 10.0. The lowest BCUT2D eigenvalue weighted by molar-refractivity contribution is -0.196. The number of nitrogens with zero attached hydrogens (tertiary/aromatic N) is 3. The molecule has 0 unspecified atom stereocenters. The van der Waals surface area contributed by atoms with Crippen LogP contribution in [0.3, 0.4) is 0 Å². The second-order valence-electron chi connectivity index (χ2n) is 11.7. The number of aryl methyl sites for hydroxylation is 5. The van der Waals surface area contributed by atoms with Crippen molar-refractivity contribution >= 4 is 22.8 Å². The quantitative estimate of drug-likeness (QED) is 0.109. The zero-order valence-corrected chi connectivity index (χ0v) is 27.3. The zero-order chi connectivity index (χ0) is 35.0. The second kappa shape index (κ2) is 13.2. The van der Waals surface area contributed by atoms with E-state index >= 15 is 8.78 Å². The number of aromatic nitrogens is 2. The fraction of sp³-hybridized carbons (Fsp3) is 0.306. The Labute approximate surface area is 274 Å². The van der Waals surface area contributed by atoms with Crippen LogP contribution in [0.4, 0.5) is 27.8 Å². The molecule has 0 radical (unpaired) electrons. The van der Waals surface area contributed by atoms with Crippen LogP contribution in [0, 0.1) is 34.6 Å². The molecule has 0 saturated carbocycles. The van der Waals surface area contributed by atoms with Crippen LogP contribution in [-0.4, -0.2) is 22.8 Å². The fourth-order valence-electron chi connectivity index (χ4n) is 5.35. The predicted molar refractivity (Wildman–Crippen MR) is 170 cm³/mol. The second-order valence-corrected chi connectivity index (χ2v) is 11.7. The van der Waals surface area contributed by atoms with Gasteiger partial charge in [0, 0.05) is 18.5 Å². The van der Waals surface area contributed by atoms with E-state index in [2.05, 4.69) is 10.2 Å². The molecule has 0 bridgehead atoms. The molecule has 7 nitrogen and oxygen atoms in total. The van der Waals surface area contributed by atoms with Gasteiger partial charge in [0.15, 0.2) is 11.5 Å². The Morgan fingerprint density at radius 2 is 1.40 bits per heavy atom. The maximum Gasteiger partial charge on any atom is 0.435 e. The molecule has 0 N–H and O–H groups in total. The molecular weight excluding hydrogens is 633 g/mol. The van der Waals surface area contributed by atoms with E-state index in [0.29, 0.717) is 6.07 Å². The summed E-state index contributed by atoms with van der Waals surface area (Å²) in [5, 5.41) is 7.19. The van der Waals surface area contributed by atoms with E-state index in [9.17, 15) is 18.0 Å². The molecule has 5 aromatic rings. The summed E-state index contributed by atoms with van der Waals surface area (Å²) in [5.41, 5.74) is 2.46. The fourth-order valence-corrected chi connectivity index (χ4v) is 5.35. The molecule has 2 heterocycles. The number of esters is 1. The molecule has 48 heavy (non-hydrogen) atoms. The molecule has 252 valence electrons. The van der Waals surface area contributed by atoms with E-state index < -0.39 is 35.3 Å². The van der Waals surface area contributed by atoms with E-state index in [1.165, 1.54) is 13.0 Å². The average molecular weight is 668 g/mol. The number of alkyl halides is 5. The van der Waals surface area contributed by atoms with Gasteiger partial charge in [-0.3, -0.25) is 0 Å². The molecule has 0 amide bonds. The van der Waals surface area contributed by atoms with Gasteiger partial charge in [0.25, 0.3) is 0 Å². The van der Waals surface area contributed by atoms with Gasteiger partial charge in [0.1, 0.15) is 28.2 Å². The predicted octanol–water partition coefficient (Wildman–Crippen LogP) is 9.30. The Morgan fingerprint density at radius 1 is 0.792 bits per heavy atom. The van der Waals surface area contributed by atoms with Crippen LogP contribution in [-0.2, 0) is 30.1 Å². The Morgan fingerprint density at radius 3 is 1.94 bits per heavy atom. The lowest BCUT2D eigenvalue weighted by Gasteiger charge is -2.27. The molecule has 0 atom stereocenters. The summed E-state index contributed by atoms with van der Waals surface area (Å²) in [7, 11) is 0. The summed E-state index contributed by atoms with van der Waals surface area (Å²) in [4.78, 5) is 14.1. The molecule has 3 aromatic carbocycles. The van der Waals surface area contributed by atoms with Crippen molar-refractivity contribution in [2.75, 3.05) is 11.5 Å². The molecule has 5 rings (SSSR count). The largest absolute Gasteiger partial charge is 0.462 e. The average Bonchev–Trinajstić information content (AvgIpc) is 3.34. The van der Waals surface area contributed by atoms with Crippen LogP contribution >= 0.6 is 0 Å². The Bertz CT molecular complexity index is 1930. The maximum atomic E-state index is 16.0. The van der Waals surface area contributed by atoms with Crippen LogP contribution in [0.1, 0.15) is 67.7 Å². The monoisotopic (exact) mass is 667 g/mol. The number of halogens is 5. The van der Waals surface area contributed by atoms with Gasteiger partial charge in [-0.15, -0.1) is 10.2 Å². The Kier molecular flexibility index (Phi) is 9.48. The van der Waals surface area contributed by atoms with Gasteiger partial charge >= 0.3 is 18.3 Å². The van der Waals surface area contributed by atoms with Crippen molar-refractivity contribution in [3.8, 4) is 5.75 Å². The minimum absolute atomic E-state index is 0.00205. The number of carbonyl (C=O) groups is 1. The van der Waals surface area contributed by atoms with E-state index in [1.54, 1.807) is 11.8 Å². The highest BCUT2D eigenvalue weighted by atomic mass is 19.4. The van der Waals surface area contributed by atoms with Gasteiger partial charge in [0.2, 0.25) is 0 Å². The SMILES string of the molecule is CCOC(=O)c1c(C)oc2ccc(OC(F)(F)c3cc(N(Cc4ccc(C)c(C)c4)Cc4ccc(C)c(C)c4)nnc3C(F)(F)F)cc12. The summed E-state index contributed by atoms with van der Waals surface area (Å²) >= 11 is 0. The van der Waals surface area contributed by atoms with Gasteiger partial charge in [-0.25, -0.2) is 4.79 Å². The number of hydrogen-bond acceptors (Lipinski definition) is 7. The van der Waals surface area contributed by atoms with Gasteiger partial charge in [-0.05, 0) is 99.2 Å². The third-order valence-corrected chi connectivity index (χ3v) is 8.14. The number of carbonyl (C=O) groups excluding carboxylic acids is 1. The molecule has 0 fully saturated rings. The van der Waals surface area contributed by atoms with Crippen molar-refractivity contribution in [2.24, 2.45) is 0 Å². The van der Waals surface area contributed by atoms with Gasteiger partial charge in [0.05, 0.1) is 6.61 Å². The van der Waals surface area contributed by atoms with Crippen molar-refractivity contribution in [3.63, 3.8) is 0 Å². The summed E-state index contributed by atoms with van der Waals surface area (Å²) in [5.74, 6) is -1.27. The number of benzene rings is 3. The highest BCUT2D eigenvalue weighted by Crippen LogP contribution is 2.41. The number of ether oxygens (including phenoxy) is 2. The number of anilines is 1. The van der Waals surface area contributed by atoms with E-state index in [1.807, 2.05) is 64.1 Å². The van der Waals surface area contributed by atoms with Crippen molar-refractivity contribution in [2.45, 2.75) is 66.9 Å². The third kappa shape index (κ3) is 7.27. The minimum atomic E-state index is -5.27. The lowest BCUT2D eigenvalue weighted by Crippen LogP contribution is -2.30. The molecule has 0 spiro atoms. The number of furan rings is 1. The first-order valence-electron chi connectivity index (χ1n) is 15.2. The Balaban J connectivity index is 1.58. The first-order chi connectivity index (χ1) is 22.6. The molecule has 12 heteroatoms.